The minimum atomic E-state index is 0.101. The summed E-state index contributed by atoms with van der Waals surface area (Å²) in [5.41, 5.74) is 3.11. The first-order valence-corrected chi connectivity index (χ1v) is 12.8. The normalized spacial score (nSPS) is 19.3. The monoisotopic (exact) mass is 505 g/mol. The smallest absolute Gasteiger partial charge is 0.229 e. The van der Waals surface area contributed by atoms with E-state index in [9.17, 15) is 4.79 Å². The number of benzene rings is 1. The maximum atomic E-state index is 12.3. The van der Waals surface area contributed by atoms with Crippen LogP contribution in [0, 0.1) is 0 Å². The molecule has 1 amide bonds. The number of amides is 1. The van der Waals surface area contributed by atoms with Crippen LogP contribution in [0.3, 0.4) is 0 Å². The standard InChI is InChI=1S/C26H33Cl2N3O3/c1-33-19-31-24-18-21(7-4-6-20(24)10-11-25(31)32)34-17-3-2-12-29-13-15-30(16-14-29)23-9-5-8-22(27)26(23)28/h4-6,8-9,18H,2-3,7,10-17,19H2,1H3. The van der Waals surface area contributed by atoms with Gasteiger partial charge in [-0.05, 0) is 43.5 Å². The lowest BCUT2D eigenvalue weighted by molar-refractivity contribution is -0.133. The van der Waals surface area contributed by atoms with Gasteiger partial charge in [-0.3, -0.25) is 14.6 Å². The summed E-state index contributed by atoms with van der Waals surface area (Å²) in [4.78, 5) is 18.9. The molecule has 0 N–H and O–H groups in total. The first-order valence-electron chi connectivity index (χ1n) is 12.0. The van der Waals surface area contributed by atoms with Crippen LogP contribution < -0.4 is 4.90 Å². The Hall–Kier alpha value is -1.99. The van der Waals surface area contributed by atoms with Gasteiger partial charge in [0.15, 0.2) is 0 Å². The lowest BCUT2D eigenvalue weighted by atomic mass is 10.0. The maximum Gasteiger partial charge on any atom is 0.229 e. The third-order valence-electron chi connectivity index (χ3n) is 6.52. The lowest BCUT2D eigenvalue weighted by Crippen LogP contribution is -2.46. The number of hydrogen-bond acceptors (Lipinski definition) is 5. The number of hydrogen-bond donors (Lipinski definition) is 0. The summed E-state index contributed by atoms with van der Waals surface area (Å²) in [6.07, 6.45) is 10.4. The number of allylic oxidation sites excluding steroid dienone is 4. The molecule has 1 aliphatic carbocycles. The Morgan fingerprint density at radius 3 is 2.68 bits per heavy atom. The largest absolute Gasteiger partial charge is 0.498 e. The zero-order valence-electron chi connectivity index (χ0n) is 19.8. The number of piperazine rings is 1. The molecule has 4 rings (SSSR count). The molecule has 2 heterocycles. The second-order valence-corrected chi connectivity index (χ2v) is 9.61. The van der Waals surface area contributed by atoms with Gasteiger partial charge < -0.3 is 14.4 Å². The van der Waals surface area contributed by atoms with E-state index in [1.54, 1.807) is 12.0 Å². The summed E-state index contributed by atoms with van der Waals surface area (Å²) in [6.45, 7) is 5.93. The van der Waals surface area contributed by atoms with Crippen molar-refractivity contribution in [1.82, 2.24) is 9.80 Å². The predicted octanol–water partition coefficient (Wildman–Crippen LogP) is 5.24. The predicted molar refractivity (Wildman–Crippen MR) is 137 cm³/mol. The van der Waals surface area contributed by atoms with Gasteiger partial charge in [0.1, 0.15) is 12.5 Å². The molecule has 0 atom stereocenters. The van der Waals surface area contributed by atoms with E-state index in [0.717, 1.165) is 75.6 Å². The number of ether oxygens (including phenoxy) is 2. The highest BCUT2D eigenvalue weighted by Crippen LogP contribution is 2.33. The van der Waals surface area contributed by atoms with Crippen LogP contribution in [0.25, 0.3) is 0 Å². The molecule has 6 nitrogen and oxygen atoms in total. The fourth-order valence-corrected chi connectivity index (χ4v) is 5.06. The Balaban J connectivity index is 1.20. The Bertz CT molecular complexity index is 968. The number of halogens is 2. The van der Waals surface area contributed by atoms with E-state index in [0.29, 0.717) is 23.1 Å². The van der Waals surface area contributed by atoms with Gasteiger partial charge in [0.25, 0.3) is 0 Å². The molecule has 8 heteroatoms. The maximum absolute atomic E-state index is 12.3. The number of carbonyl (C=O) groups excluding carboxylic acids is 1. The number of methoxy groups -OCH3 is 1. The molecule has 2 aliphatic heterocycles. The third-order valence-corrected chi connectivity index (χ3v) is 7.33. The molecule has 34 heavy (non-hydrogen) atoms. The number of rotatable bonds is 9. The van der Waals surface area contributed by atoms with Crippen LogP contribution in [0.2, 0.25) is 10.0 Å². The van der Waals surface area contributed by atoms with E-state index in [1.165, 1.54) is 5.57 Å². The highest BCUT2D eigenvalue weighted by molar-refractivity contribution is 6.43. The van der Waals surface area contributed by atoms with Crippen LogP contribution in [0.5, 0.6) is 0 Å². The summed E-state index contributed by atoms with van der Waals surface area (Å²) < 4.78 is 11.4. The van der Waals surface area contributed by atoms with E-state index in [-0.39, 0.29) is 12.6 Å². The van der Waals surface area contributed by atoms with Crippen molar-refractivity contribution in [2.75, 3.05) is 58.1 Å². The van der Waals surface area contributed by atoms with Crippen LogP contribution in [-0.2, 0) is 14.3 Å². The average Bonchev–Trinajstić information content (AvgIpc) is 3.05. The molecule has 3 aliphatic rings. The van der Waals surface area contributed by atoms with Gasteiger partial charge in [-0.25, -0.2) is 0 Å². The molecule has 1 fully saturated rings. The fraction of sp³-hybridized carbons (Fsp3) is 0.500. The Labute approximate surface area is 212 Å². The SMILES string of the molecule is COCN1C(=O)CCC2=C1C=C(OCCCCN1CCN(c3cccc(Cl)c3Cl)CC1)CC=C2. The topological polar surface area (TPSA) is 45.2 Å². The van der Waals surface area contributed by atoms with Gasteiger partial charge in [0, 0.05) is 52.2 Å². The molecule has 1 saturated heterocycles. The van der Waals surface area contributed by atoms with Gasteiger partial charge in [0.2, 0.25) is 5.91 Å². The fourth-order valence-electron chi connectivity index (χ4n) is 4.64. The molecule has 0 spiro atoms. The van der Waals surface area contributed by atoms with Gasteiger partial charge in [-0.2, -0.15) is 0 Å². The van der Waals surface area contributed by atoms with Crippen molar-refractivity contribution in [2.45, 2.75) is 32.1 Å². The second kappa shape index (κ2) is 12.1. The first-order chi connectivity index (χ1) is 16.6. The van der Waals surface area contributed by atoms with Crippen molar-refractivity contribution in [3.63, 3.8) is 0 Å². The zero-order chi connectivity index (χ0) is 23.9. The molecule has 0 aromatic heterocycles. The number of anilines is 1. The van der Waals surface area contributed by atoms with Crippen molar-refractivity contribution < 1.29 is 14.3 Å². The Morgan fingerprint density at radius 2 is 1.88 bits per heavy atom. The Kier molecular flexibility index (Phi) is 8.95. The van der Waals surface area contributed by atoms with Gasteiger partial charge in [-0.1, -0.05) is 41.4 Å². The summed E-state index contributed by atoms with van der Waals surface area (Å²) in [5.74, 6) is 1.01. The van der Waals surface area contributed by atoms with Crippen LogP contribution in [0.15, 0.2) is 53.5 Å². The molecule has 1 aromatic rings. The highest BCUT2D eigenvalue weighted by atomic mass is 35.5. The molecule has 1 aromatic carbocycles. The van der Waals surface area contributed by atoms with E-state index < -0.39 is 0 Å². The minimum absolute atomic E-state index is 0.101. The van der Waals surface area contributed by atoms with Crippen molar-refractivity contribution >= 4 is 34.8 Å². The van der Waals surface area contributed by atoms with Crippen LogP contribution >= 0.6 is 23.2 Å². The van der Waals surface area contributed by atoms with Crippen LogP contribution in [0.1, 0.15) is 32.1 Å². The van der Waals surface area contributed by atoms with Crippen LogP contribution in [0.4, 0.5) is 5.69 Å². The molecule has 184 valence electrons. The summed E-state index contributed by atoms with van der Waals surface area (Å²) in [5, 5.41) is 1.25. The van der Waals surface area contributed by atoms with Crippen molar-refractivity contribution in [1.29, 1.82) is 0 Å². The Morgan fingerprint density at radius 1 is 1.06 bits per heavy atom. The van der Waals surface area contributed by atoms with E-state index >= 15 is 0 Å². The molecule has 0 saturated carbocycles. The van der Waals surface area contributed by atoms with E-state index in [1.807, 2.05) is 24.3 Å². The average molecular weight is 506 g/mol. The quantitative estimate of drug-likeness (QED) is 0.429. The lowest BCUT2D eigenvalue weighted by Gasteiger charge is -2.36. The second-order valence-electron chi connectivity index (χ2n) is 8.82. The summed E-state index contributed by atoms with van der Waals surface area (Å²) >= 11 is 12.6. The van der Waals surface area contributed by atoms with Crippen LogP contribution in [-0.4, -0.2) is 68.9 Å². The minimum Gasteiger partial charge on any atom is -0.498 e. The third kappa shape index (κ3) is 6.16. The van der Waals surface area contributed by atoms with Gasteiger partial charge in [-0.15, -0.1) is 0 Å². The molecule has 0 radical (unpaired) electrons. The van der Waals surface area contributed by atoms with Crippen molar-refractivity contribution in [3.05, 3.63) is 63.5 Å². The number of carbonyl (C=O) groups is 1. The summed E-state index contributed by atoms with van der Waals surface area (Å²) in [7, 11) is 1.61. The molecular formula is C26H33Cl2N3O3. The first kappa shape index (κ1) is 25.1. The number of nitrogens with zero attached hydrogens (tertiary/aromatic N) is 3. The molecule has 0 bridgehead atoms. The van der Waals surface area contributed by atoms with Gasteiger partial charge >= 0.3 is 0 Å². The molecular weight excluding hydrogens is 473 g/mol. The highest BCUT2D eigenvalue weighted by Gasteiger charge is 2.26. The number of unbranched alkanes of at least 4 members (excludes halogenated alkanes) is 1. The summed E-state index contributed by atoms with van der Waals surface area (Å²) in [6, 6.07) is 5.82. The zero-order valence-corrected chi connectivity index (χ0v) is 21.3. The van der Waals surface area contributed by atoms with Crippen molar-refractivity contribution in [2.24, 2.45) is 0 Å². The van der Waals surface area contributed by atoms with E-state index in [2.05, 4.69) is 22.0 Å². The van der Waals surface area contributed by atoms with Crippen molar-refractivity contribution in [3.8, 4) is 0 Å². The molecule has 0 unspecified atom stereocenters. The van der Waals surface area contributed by atoms with Gasteiger partial charge in [0.05, 0.1) is 28.0 Å². The van der Waals surface area contributed by atoms with E-state index in [4.69, 9.17) is 32.7 Å².